The number of fused-ring (bicyclic) bond motifs is 1. The van der Waals surface area contributed by atoms with Crippen LogP contribution in [0.15, 0.2) is 24.3 Å². The molecule has 0 fully saturated rings. The predicted molar refractivity (Wildman–Crippen MR) is 89.0 cm³/mol. The molecule has 1 aromatic carbocycles. The lowest BCUT2D eigenvalue weighted by Crippen LogP contribution is -2.42. The lowest BCUT2D eigenvalue weighted by atomic mass is 9.87. The third kappa shape index (κ3) is 3.70. The molecule has 0 spiro atoms. The third-order valence-corrected chi connectivity index (χ3v) is 4.39. The van der Waals surface area contributed by atoms with Gasteiger partial charge < -0.3 is 15.1 Å². The second kappa shape index (κ2) is 7.04. The molecular formula is C16H25N3S. The molecule has 3 nitrogen and oxygen atoms in total. The topological polar surface area (TPSA) is 18.5 Å². The van der Waals surface area contributed by atoms with Crippen molar-refractivity contribution in [2.75, 3.05) is 34.2 Å². The summed E-state index contributed by atoms with van der Waals surface area (Å²) in [5.74, 6) is 0. The molecule has 2 rings (SSSR count). The van der Waals surface area contributed by atoms with Crippen LogP contribution < -0.4 is 5.32 Å². The van der Waals surface area contributed by atoms with Gasteiger partial charge in [0.2, 0.25) is 0 Å². The number of rotatable bonds is 4. The Labute approximate surface area is 128 Å². The number of likely N-dealkylation sites (N-methyl/N-ethyl adjacent to an activating group) is 1. The average molecular weight is 291 g/mol. The van der Waals surface area contributed by atoms with Gasteiger partial charge >= 0.3 is 0 Å². The average Bonchev–Trinajstić information content (AvgIpc) is 2.45. The molecule has 1 atom stereocenters. The van der Waals surface area contributed by atoms with Gasteiger partial charge in [-0.05, 0) is 56.7 Å². The van der Waals surface area contributed by atoms with Crippen molar-refractivity contribution in [3.8, 4) is 0 Å². The first-order valence-corrected chi connectivity index (χ1v) is 7.73. The van der Waals surface area contributed by atoms with E-state index in [1.54, 1.807) is 0 Å². The van der Waals surface area contributed by atoms with Gasteiger partial charge in [0, 0.05) is 20.1 Å². The highest BCUT2D eigenvalue weighted by atomic mass is 32.1. The van der Waals surface area contributed by atoms with Gasteiger partial charge in [-0.1, -0.05) is 24.3 Å². The number of nitrogens with one attached hydrogen (secondary N) is 1. The largest absolute Gasteiger partial charge is 0.361 e. The molecule has 0 aromatic heterocycles. The normalized spacial score (nSPS) is 17.7. The van der Waals surface area contributed by atoms with Crippen molar-refractivity contribution in [2.45, 2.75) is 25.3 Å². The van der Waals surface area contributed by atoms with Gasteiger partial charge in [0.25, 0.3) is 0 Å². The highest BCUT2D eigenvalue weighted by molar-refractivity contribution is 7.80. The molecule has 0 bridgehead atoms. The molecule has 1 aromatic rings. The Bertz CT molecular complexity index is 459. The monoisotopic (exact) mass is 291 g/mol. The standard InChI is InChI=1S/C16H25N3S/c1-18(2)12-11-17-16(20)19(3)15-10-6-8-13-7-4-5-9-14(13)15/h4-5,7,9,15H,6,8,10-12H2,1-3H3,(H,17,20)/t15-/m0/s1. The van der Waals surface area contributed by atoms with Crippen molar-refractivity contribution < 1.29 is 0 Å². The van der Waals surface area contributed by atoms with Crippen LogP contribution in [0.1, 0.15) is 30.0 Å². The highest BCUT2D eigenvalue weighted by Crippen LogP contribution is 2.33. The Morgan fingerprint density at radius 2 is 2.05 bits per heavy atom. The molecule has 1 aliphatic carbocycles. The van der Waals surface area contributed by atoms with Gasteiger partial charge in [-0.25, -0.2) is 0 Å². The molecule has 20 heavy (non-hydrogen) atoms. The van der Waals surface area contributed by atoms with Crippen LogP contribution in [0.5, 0.6) is 0 Å². The fourth-order valence-corrected chi connectivity index (χ4v) is 3.01. The number of aryl methyl sites for hydroxylation is 1. The zero-order valence-corrected chi connectivity index (χ0v) is 13.5. The van der Waals surface area contributed by atoms with Crippen molar-refractivity contribution >= 4 is 17.3 Å². The summed E-state index contributed by atoms with van der Waals surface area (Å²) in [7, 11) is 6.26. The summed E-state index contributed by atoms with van der Waals surface area (Å²) in [6.45, 7) is 1.89. The lowest BCUT2D eigenvalue weighted by molar-refractivity contribution is 0.325. The van der Waals surface area contributed by atoms with Gasteiger partial charge in [0.1, 0.15) is 0 Å². The van der Waals surface area contributed by atoms with Crippen molar-refractivity contribution in [3.05, 3.63) is 35.4 Å². The maximum Gasteiger partial charge on any atom is 0.169 e. The lowest BCUT2D eigenvalue weighted by Gasteiger charge is -2.35. The van der Waals surface area contributed by atoms with Gasteiger partial charge in [0.05, 0.1) is 6.04 Å². The molecule has 0 aliphatic heterocycles. The summed E-state index contributed by atoms with van der Waals surface area (Å²) in [5.41, 5.74) is 2.92. The van der Waals surface area contributed by atoms with Crippen LogP contribution in [-0.2, 0) is 6.42 Å². The van der Waals surface area contributed by atoms with Crippen molar-refractivity contribution in [3.63, 3.8) is 0 Å². The van der Waals surface area contributed by atoms with E-state index < -0.39 is 0 Å². The smallest absolute Gasteiger partial charge is 0.169 e. The molecule has 4 heteroatoms. The second-order valence-electron chi connectivity index (χ2n) is 5.75. The minimum atomic E-state index is 0.416. The number of hydrogen-bond acceptors (Lipinski definition) is 2. The summed E-state index contributed by atoms with van der Waals surface area (Å²) in [4.78, 5) is 4.38. The van der Waals surface area contributed by atoms with E-state index in [0.29, 0.717) is 6.04 Å². The van der Waals surface area contributed by atoms with E-state index in [4.69, 9.17) is 12.2 Å². The van der Waals surface area contributed by atoms with Crippen LogP contribution in [0, 0.1) is 0 Å². The SMILES string of the molecule is CN(C)CCNC(=S)N(C)[C@H]1CCCc2ccccc21. The van der Waals surface area contributed by atoms with Crippen LogP contribution in [0.4, 0.5) is 0 Å². The minimum absolute atomic E-state index is 0.416. The first-order chi connectivity index (χ1) is 9.59. The summed E-state index contributed by atoms with van der Waals surface area (Å²) >= 11 is 5.53. The zero-order chi connectivity index (χ0) is 14.5. The van der Waals surface area contributed by atoms with Crippen molar-refractivity contribution in [1.82, 2.24) is 15.1 Å². The van der Waals surface area contributed by atoms with E-state index in [1.807, 2.05) is 0 Å². The Kier molecular flexibility index (Phi) is 5.38. The van der Waals surface area contributed by atoms with E-state index in [9.17, 15) is 0 Å². The molecule has 0 heterocycles. The van der Waals surface area contributed by atoms with Crippen LogP contribution in [0.25, 0.3) is 0 Å². The van der Waals surface area contributed by atoms with Crippen LogP contribution in [0.3, 0.4) is 0 Å². The van der Waals surface area contributed by atoms with E-state index in [2.05, 4.69) is 60.5 Å². The molecule has 1 aliphatic rings. The molecule has 0 amide bonds. The first-order valence-electron chi connectivity index (χ1n) is 7.33. The van der Waals surface area contributed by atoms with Crippen molar-refractivity contribution in [1.29, 1.82) is 0 Å². The number of nitrogens with zero attached hydrogens (tertiary/aromatic N) is 2. The van der Waals surface area contributed by atoms with Crippen LogP contribution in [0.2, 0.25) is 0 Å². The molecular weight excluding hydrogens is 266 g/mol. The van der Waals surface area contributed by atoms with Gasteiger partial charge in [-0.3, -0.25) is 0 Å². The fraction of sp³-hybridized carbons (Fsp3) is 0.562. The van der Waals surface area contributed by atoms with Crippen LogP contribution in [-0.4, -0.2) is 49.1 Å². The molecule has 0 saturated heterocycles. The summed E-state index contributed by atoms with van der Waals surface area (Å²) < 4.78 is 0. The van der Waals surface area contributed by atoms with E-state index in [1.165, 1.54) is 30.4 Å². The molecule has 0 saturated carbocycles. The highest BCUT2D eigenvalue weighted by Gasteiger charge is 2.24. The molecule has 1 N–H and O–H groups in total. The van der Waals surface area contributed by atoms with Gasteiger partial charge in [0.15, 0.2) is 5.11 Å². The van der Waals surface area contributed by atoms with Crippen molar-refractivity contribution in [2.24, 2.45) is 0 Å². The van der Waals surface area contributed by atoms with Gasteiger partial charge in [-0.15, -0.1) is 0 Å². The number of benzene rings is 1. The molecule has 110 valence electrons. The summed E-state index contributed by atoms with van der Waals surface area (Å²) in [6, 6.07) is 9.18. The second-order valence-corrected chi connectivity index (χ2v) is 6.14. The minimum Gasteiger partial charge on any atom is -0.361 e. The van der Waals surface area contributed by atoms with E-state index in [-0.39, 0.29) is 0 Å². The predicted octanol–water partition coefficient (Wildman–Crippen LogP) is 2.43. The van der Waals surface area contributed by atoms with E-state index >= 15 is 0 Å². The Balaban J connectivity index is 1.99. The maximum atomic E-state index is 5.53. The third-order valence-electron chi connectivity index (χ3n) is 3.96. The maximum absolute atomic E-state index is 5.53. The van der Waals surface area contributed by atoms with Crippen LogP contribution >= 0.6 is 12.2 Å². The van der Waals surface area contributed by atoms with E-state index in [0.717, 1.165) is 18.2 Å². The quantitative estimate of drug-likeness (QED) is 0.859. The zero-order valence-electron chi connectivity index (χ0n) is 12.7. The Morgan fingerprint density at radius 3 is 2.80 bits per heavy atom. The first kappa shape index (κ1) is 15.3. The fourth-order valence-electron chi connectivity index (χ4n) is 2.78. The molecule has 0 unspecified atom stereocenters. The Morgan fingerprint density at radius 1 is 1.30 bits per heavy atom. The number of thiocarbonyl (C=S) groups is 1. The summed E-state index contributed by atoms with van der Waals surface area (Å²) in [5, 5.41) is 4.21. The Hall–Kier alpha value is -1.13. The summed E-state index contributed by atoms with van der Waals surface area (Å²) in [6.07, 6.45) is 3.62. The number of hydrogen-bond donors (Lipinski definition) is 1. The van der Waals surface area contributed by atoms with Gasteiger partial charge in [-0.2, -0.15) is 0 Å². The molecule has 0 radical (unpaired) electrons.